The Kier molecular flexibility index (Phi) is 6.85. The first-order chi connectivity index (χ1) is 12.6. The van der Waals surface area contributed by atoms with Crippen molar-refractivity contribution in [1.29, 1.82) is 0 Å². The van der Waals surface area contributed by atoms with E-state index in [2.05, 4.69) is 6.58 Å². The van der Waals surface area contributed by atoms with Crippen LogP contribution in [0.25, 0.3) is 6.08 Å². The number of carbonyl (C=O) groups excluding carboxylic acids is 1. The summed E-state index contributed by atoms with van der Waals surface area (Å²) in [5.41, 5.74) is 1.22. The van der Waals surface area contributed by atoms with Crippen LogP contribution < -0.4 is 18.9 Å². The molecule has 0 aliphatic heterocycles. The zero-order chi connectivity index (χ0) is 18.9. The van der Waals surface area contributed by atoms with Crippen LogP contribution in [0.4, 0.5) is 0 Å². The van der Waals surface area contributed by atoms with Crippen LogP contribution in [0.3, 0.4) is 0 Å². The minimum absolute atomic E-state index is 0.139. The van der Waals surface area contributed by atoms with Crippen LogP contribution in [0, 0.1) is 0 Å². The third-order valence-corrected chi connectivity index (χ3v) is 3.66. The van der Waals surface area contributed by atoms with E-state index in [0.717, 1.165) is 0 Å². The highest BCUT2D eigenvalue weighted by Crippen LogP contribution is 2.35. The summed E-state index contributed by atoms with van der Waals surface area (Å²) in [5.74, 6) is 2.26. The molecule has 5 nitrogen and oxygen atoms in total. The number of hydrogen-bond donors (Lipinski definition) is 0. The van der Waals surface area contributed by atoms with Gasteiger partial charge in [0.1, 0.15) is 29.6 Å². The summed E-state index contributed by atoms with van der Waals surface area (Å²) < 4.78 is 21.4. The molecule has 0 amide bonds. The zero-order valence-corrected chi connectivity index (χ0v) is 15.2. The molecule has 0 aliphatic carbocycles. The van der Waals surface area contributed by atoms with Crippen molar-refractivity contribution >= 4 is 11.9 Å². The van der Waals surface area contributed by atoms with Crippen LogP contribution in [-0.4, -0.2) is 33.7 Å². The van der Waals surface area contributed by atoms with E-state index in [0.29, 0.717) is 40.7 Å². The minimum atomic E-state index is -0.139. The van der Waals surface area contributed by atoms with Gasteiger partial charge in [-0.1, -0.05) is 12.7 Å². The van der Waals surface area contributed by atoms with E-state index in [9.17, 15) is 4.79 Å². The van der Waals surface area contributed by atoms with Crippen molar-refractivity contribution in [3.8, 4) is 23.0 Å². The van der Waals surface area contributed by atoms with Gasteiger partial charge in [-0.25, -0.2) is 0 Å². The number of carbonyl (C=O) groups is 1. The Balaban J connectivity index is 2.23. The average Bonchev–Trinajstić information content (AvgIpc) is 2.70. The van der Waals surface area contributed by atoms with Gasteiger partial charge in [0.2, 0.25) is 0 Å². The van der Waals surface area contributed by atoms with Crippen LogP contribution >= 0.6 is 0 Å². The second-order valence-electron chi connectivity index (χ2n) is 5.27. The van der Waals surface area contributed by atoms with Crippen molar-refractivity contribution < 1.29 is 23.7 Å². The molecule has 0 heterocycles. The first kappa shape index (κ1) is 19.1. The fourth-order valence-electron chi connectivity index (χ4n) is 2.32. The molecule has 0 saturated heterocycles. The Hall–Kier alpha value is -3.21. The van der Waals surface area contributed by atoms with Crippen molar-refractivity contribution in [2.24, 2.45) is 0 Å². The van der Waals surface area contributed by atoms with Crippen LogP contribution in [0.1, 0.15) is 15.9 Å². The van der Waals surface area contributed by atoms with Crippen LogP contribution in [0.5, 0.6) is 23.0 Å². The molecular formula is C21H22O5. The molecule has 0 fully saturated rings. The van der Waals surface area contributed by atoms with Gasteiger partial charge < -0.3 is 18.9 Å². The molecule has 2 aromatic rings. The van der Waals surface area contributed by atoms with Crippen molar-refractivity contribution in [3.63, 3.8) is 0 Å². The average molecular weight is 354 g/mol. The summed E-state index contributed by atoms with van der Waals surface area (Å²) in [6, 6.07) is 10.4. The summed E-state index contributed by atoms with van der Waals surface area (Å²) in [4.78, 5) is 12.4. The van der Waals surface area contributed by atoms with E-state index in [4.69, 9.17) is 18.9 Å². The van der Waals surface area contributed by atoms with Crippen molar-refractivity contribution in [1.82, 2.24) is 0 Å². The fourth-order valence-corrected chi connectivity index (χ4v) is 2.32. The summed E-state index contributed by atoms with van der Waals surface area (Å²) in [6.07, 6.45) is 4.81. The van der Waals surface area contributed by atoms with E-state index in [1.165, 1.54) is 6.08 Å². The third-order valence-electron chi connectivity index (χ3n) is 3.66. The van der Waals surface area contributed by atoms with Gasteiger partial charge in [0, 0.05) is 17.7 Å². The van der Waals surface area contributed by atoms with Gasteiger partial charge in [-0.05, 0) is 36.4 Å². The molecule has 0 bridgehead atoms. The Bertz CT molecular complexity index is 766. The number of allylic oxidation sites excluding steroid dienone is 1. The maximum Gasteiger partial charge on any atom is 0.185 e. The van der Waals surface area contributed by atoms with Gasteiger partial charge in [0.15, 0.2) is 5.78 Å². The van der Waals surface area contributed by atoms with Crippen molar-refractivity contribution in [3.05, 3.63) is 66.3 Å². The van der Waals surface area contributed by atoms with Crippen molar-refractivity contribution in [2.45, 2.75) is 0 Å². The topological polar surface area (TPSA) is 54.0 Å². The predicted molar refractivity (Wildman–Crippen MR) is 102 cm³/mol. The van der Waals surface area contributed by atoms with Crippen molar-refractivity contribution in [2.75, 3.05) is 27.9 Å². The van der Waals surface area contributed by atoms with E-state index in [1.54, 1.807) is 69.9 Å². The van der Waals surface area contributed by atoms with E-state index in [1.807, 2.05) is 0 Å². The summed E-state index contributed by atoms with van der Waals surface area (Å²) in [5, 5.41) is 0. The highest BCUT2D eigenvalue weighted by Gasteiger charge is 2.11. The maximum absolute atomic E-state index is 12.4. The summed E-state index contributed by atoms with van der Waals surface area (Å²) in [7, 11) is 4.67. The standard InChI is InChI=1S/C21H22O5/c1-5-12-26-16-8-6-15(7-9-16)19(22)11-10-18-20(24-3)13-17(23-2)14-21(18)25-4/h5-11,13-14H,1,12H2,2-4H3/b11-10+. The van der Waals surface area contributed by atoms with Crippen LogP contribution in [-0.2, 0) is 0 Å². The van der Waals surface area contributed by atoms with E-state index >= 15 is 0 Å². The highest BCUT2D eigenvalue weighted by molar-refractivity contribution is 6.07. The summed E-state index contributed by atoms with van der Waals surface area (Å²) in [6.45, 7) is 4.02. The molecule has 2 rings (SSSR count). The molecule has 0 N–H and O–H groups in total. The Labute approximate surface area is 153 Å². The van der Waals surface area contributed by atoms with Crippen LogP contribution in [0.2, 0.25) is 0 Å². The minimum Gasteiger partial charge on any atom is -0.496 e. The molecule has 136 valence electrons. The van der Waals surface area contributed by atoms with E-state index < -0.39 is 0 Å². The number of rotatable bonds is 9. The molecule has 0 aliphatic rings. The molecule has 0 radical (unpaired) electrons. The second kappa shape index (κ2) is 9.32. The second-order valence-corrected chi connectivity index (χ2v) is 5.27. The van der Waals surface area contributed by atoms with Gasteiger partial charge in [-0.2, -0.15) is 0 Å². The third kappa shape index (κ3) is 4.66. The van der Waals surface area contributed by atoms with Gasteiger partial charge in [0.05, 0.1) is 26.9 Å². The number of methoxy groups -OCH3 is 3. The molecule has 5 heteroatoms. The smallest absolute Gasteiger partial charge is 0.185 e. The molecular weight excluding hydrogens is 332 g/mol. The lowest BCUT2D eigenvalue weighted by molar-refractivity contribution is 0.104. The number of hydrogen-bond acceptors (Lipinski definition) is 5. The number of ketones is 1. The zero-order valence-electron chi connectivity index (χ0n) is 15.2. The highest BCUT2D eigenvalue weighted by atomic mass is 16.5. The Morgan fingerprint density at radius 2 is 1.58 bits per heavy atom. The SMILES string of the molecule is C=CCOc1ccc(C(=O)/C=C/c2c(OC)cc(OC)cc2OC)cc1. The number of ether oxygens (including phenoxy) is 4. The number of benzene rings is 2. The summed E-state index contributed by atoms with van der Waals surface area (Å²) >= 11 is 0. The Morgan fingerprint density at radius 3 is 2.08 bits per heavy atom. The molecule has 0 aromatic heterocycles. The Morgan fingerprint density at radius 1 is 0.962 bits per heavy atom. The monoisotopic (exact) mass is 354 g/mol. The fraction of sp³-hybridized carbons (Fsp3) is 0.190. The molecule has 2 aromatic carbocycles. The maximum atomic E-state index is 12.4. The first-order valence-corrected chi connectivity index (χ1v) is 7.99. The molecule has 0 spiro atoms. The lowest BCUT2D eigenvalue weighted by Gasteiger charge is -2.12. The molecule has 0 saturated carbocycles. The van der Waals surface area contributed by atoms with Crippen LogP contribution in [0.15, 0.2) is 55.1 Å². The molecule has 26 heavy (non-hydrogen) atoms. The normalized spacial score (nSPS) is 10.4. The quantitative estimate of drug-likeness (QED) is 0.384. The molecule has 0 atom stereocenters. The first-order valence-electron chi connectivity index (χ1n) is 7.99. The lowest BCUT2D eigenvalue weighted by Crippen LogP contribution is -1.97. The van der Waals surface area contributed by atoms with Gasteiger partial charge >= 0.3 is 0 Å². The van der Waals surface area contributed by atoms with E-state index in [-0.39, 0.29) is 5.78 Å². The predicted octanol–water partition coefficient (Wildman–Crippen LogP) is 4.17. The largest absolute Gasteiger partial charge is 0.496 e. The van der Waals surface area contributed by atoms with Gasteiger partial charge in [-0.15, -0.1) is 0 Å². The lowest BCUT2D eigenvalue weighted by atomic mass is 10.1. The molecule has 0 unspecified atom stereocenters. The van der Waals surface area contributed by atoms with Gasteiger partial charge in [-0.3, -0.25) is 4.79 Å². The van der Waals surface area contributed by atoms with Gasteiger partial charge in [0.25, 0.3) is 0 Å².